The minimum atomic E-state index is 0.430. The molecular weight excluding hydrogens is 1350 g/mol. The van der Waals surface area contributed by atoms with Crippen molar-refractivity contribution in [3.05, 3.63) is 0 Å². The summed E-state index contributed by atoms with van der Waals surface area (Å²) < 4.78 is 0. The lowest BCUT2D eigenvalue weighted by Crippen LogP contribution is -2.78. The van der Waals surface area contributed by atoms with Crippen molar-refractivity contribution in [2.24, 2.45) is 153 Å². The Morgan fingerprint density at radius 1 is 0.214 bits per heavy atom. The Bertz CT molecular complexity index is 2850. The zero-order valence-electron chi connectivity index (χ0n) is 75.0. The van der Waals surface area contributed by atoms with Gasteiger partial charge in [0.1, 0.15) is 0 Å². The van der Waals surface area contributed by atoms with Gasteiger partial charge in [-0.3, -0.25) is 14.7 Å². The van der Waals surface area contributed by atoms with Crippen LogP contribution in [0.4, 0.5) is 0 Å². The molecule has 18 saturated carbocycles. The van der Waals surface area contributed by atoms with Crippen molar-refractivity contribution in [1.82, 2.24) is 14.7 Å². The average molecular weight is 1530 g/mol. The van der Waals surface area contributed by atoms with Crippen LogP contribution in [0.3, 0.4) is 0 Å². The first-order chi connectivity index (χ1) is 54.8. The first-order valence-corrected chi connectivity index (χ1v) is 54.1. The van der Waals surface area contributed by atoms with Crippen molar-refractivity contribution in [1.29, 1.82) is 0 Å². The summed E-state index contributed by atoms with van der Waals surface area (Å²) in [5.41, 5.74) is 0.875. The van der Waals surface area contributed by atoms with Crippen molar-refractivity contribution in [2.75, 3.05) is 0 Å². The van der Waals surface area contributed by atoms with Gasteiger partial charge in [-0.25, -0.2) is 0 Å². The SMILES string of the molecule is CC(C)(C)C1CC2CCC3CC(C(C)(C)C)CC4C(C5CCC6B7C8CC(C9CCCCC9)CCC8N(C8C(C9CCCCC9)CCCC8C8CCCCC8)C8CC(N(C9CCC(C%10CCCCC%10)CC9)C9CCC(C%10CCCCC%10)CC9)CC(C78)N(C7C(C8CCCCC8)CCCC7C7CCCCC7)C6C5)CC(C1)C2C34. The molecule has 0 amide bonds. The fourth-order valence-electron chi connectivity index (χ4n) is 39.3. The van der Waals surface area contributed by atoms with Crippen LogP contribution in [0, 0.1) is 153 Å². The molecule has 0 N–H and O–H groups in total. The Kier molecular flexibility index (Phi) is 25.1. The number of rotatable bonds is 13. The summed E-state index contributed by atoms with van der Waals surface area (Å²) in [5.74, 6) is 26.9. The van der Waals surface area contributed by atoms with E-state index in [9.17, 15) is 0 Å². The fourth-order valence-corrected chi connectivity index (χ4v) is 39.3. The third-order valence-corrected chi connectivity index (χ3v) is 44.0. The summed E-state index contributed by atoms with van der Waals surface area (Å²) in [4.78, 5) is 11.9. The Labute approximate surface area is 694 Å². The van der Waals surface area contributed by atoms with E-state index in [2.05, 4.69) is 56.2 Å². The van der Waals surface area contributed by atoms with Gasteiger partial charge in [-0.15, -0.1) is 0 Å². The molecule has 23 unspecified atom stereocenters. The molecule has 20 fully saturated rings. The van der Waals surface area contributed by atoms with E-state index in [0.717, 1.165) is 221 Å². The van der Waals surface area contributed by atoms with Gasteiger partial charge in [-0.1, -0.05) is 298 Å². The van der Waals surface area contributed by atoms with Crippen LogP contribution in [0.2, 0.25) is 17.5 Å². The second kappa shape index (κ2) is 34.9. The van der Waals surface area contributed by atoms with E-state index in [0.29, 0.717) is 10.8 Å². The van der Waals surface area contributed by atoms with Crippen LogP contribution in [0.15, 0.2) is 0 Å². The lowest BCUT2D eigenvalue weighted by Gasteiger charge is -2.73. The van der Waals surface area contributed by atoms with Crippen LogP contribution in [0.5, 0.6) is 0 Å². The molecule has 3 nitrogen and oxygen atoms in total. The Morgan fingerprint density at radius 2 is 0.571 bits per heavy atom. The minimum absolute atomic E-state index is 0.430. The highest BCUT2D eigenvalue weighted by atomic mass is 15.3. The van der Waals surface area contributed by atoms with Crippen LogP contribution in [-0.4, -0.2) is 75.8 Å². The van der Waals surface area contributed by atoms with Crippen molar-refractivity contribution >= 4 is 6.71 Å². The molecule has 0 spiro atoms. The van der Waals surface area contributed by atoms with E-state index in [4.69, 9.17) is 0 Å². The maximum Gasteiger partial charge on any atom is 0.156 e. The highest BCUT2D eigenvalue weighted by molar-refractivity contribution is 6.65. The van der Waals surface area contributed by atoms with Gasteiger partial charge in [0, 0.05) is 54.4 Å². The molecular formula is C108H182BN3. The molecule has 18 aliphatic carbocycles. The van der Waals surface area contributed by atoms with E-state index < -0.39 is 0 Å². The van der Waals surface area contributed by atoms with Crippen LogP contribution >= 0.6 is 0 Å². The van der Waals surface area contributed by atoms with Gasteiger partial charge in [0.15, 0.2) is 6.71 Å². The third-order valence-electron chi connectivity index (χ3n) is 44.0. The molecule has 23 atom stereocenters. The molecule has 2 heterocycles. The molecule has 2 saturated heterocycles. The standard InChI is InChI=1S/C108H182BN3/c1-107(2,3)85-62-82-48-49-83-63-86(108(4,5)6)68-95-94(65-84(64-85)102(82)103(83)95)81-54-60-96-99(67-81)112(106-92(78-40-24-12-25-41-78)46-29-47-93(106)79-42-26-13-27-43-79)101-70-89(110(87-56-50-74(51-57-87)71-30-14-7-15-31-71)88-58-52-75(53-59-88)72-32-16-8-17-33-72)69-100-104(101)109(96)97-66-80(73-34-18-9-19-35-73)55-61-98(97)111(100)105-90(76-36-20-10-21-37-76)44-28-45-91(105)77-38-22-11-23-39-77/h71-106H,7-70H2,1-6H3. The summed E-state index contributed by atoms with van der Waals surface area (Å²) in [5, 5.41) is 0. The second-order valence-corrected chi connectivity index (χ2v) is 50.4. The van der Waals surface area contributed by atoms with Crippen molar-refractivity contribution in [3.8, 4) is 0 Å². The molecule has 0 aromatic heterocycles. The summed E-state index contributed by atoms with van der Waals surface area (Å²) in [6, 6.07) is 7.55. The molecule has 4 heteroatoms. The monoisotopic (exact) mass is 1530 g/mol. The largest absolute Gasteiger partial charge is 0.295 e. The number of hydrogen-bond donors (Lipinski definition) is 0. The maximum atomic E-state index is 4.10. The summed E-state index contributed by atoms with van der Waals surface area (Å²) in [6.45, 7) is 17.4. The van der Waals surface area contributed by atoms with Gasteiger partial charge in [-0.05, 0) is 324 Å². The predicted octanol–water partition coefficient (Wildman–Crippen LogP) is 29.9. The van der Waals surface area contributed by atoms with Gasteiger partial charge < -0.3 is 0 Å². The molecule has 20 aliphatic rings. The number of hydrogen-bond acceptors (Lipinski definition) is 3. The van der Waals surface area contributed by atoms with Crippen molar-refractivity contribution < 1.29 is 0 Å². The number of nitrogens with zero attached hydrogens (tertiary/aromatic N) is 3. The van der Waals surface area contributed by atoms with Gasteiger partial charge in [0.2, 0.25) is 0 Å². The molecule has 0 bridgehead atoms. The van der Waals surface area contributed by atoms with Gasteiger partial charge >= 0.3 is 0 Å². The zero-order chi connectivity index (χ0) is 75.3. The molecule has 632 valence electrons. The fraction of sp³-hybridized carbons (Fsp3) is 1.00. The first kappa shape index (κ1) is 80.4. The van der Waals surface area contributed by atoms with E-state index >= 15 is 0 Å². The second-order valence-electron chi connectivity index (χ2n) is 50.4. The van der Waals surface area contributed by atoms with Crippen LogP contribution in [0.1, 0.15) is 452 Å². The zero-order valence-corrected chi connectivity index (χ0v) is 75.0. The lowest BCUT2D eigenvalue weighted by atomic mass is 9.18. The molecule has 0 aromatic carbocycles. The highest BCUT2D eigenvalue weighted by Gasteiger charge is 2.70. The lowest BCUT2D eigenvalue weighted by molar-refractivity contribution is -0.159. The van der Waals surface area contributed by atoms with Crippen LogP contribution in [0.25, 0.3) is 0 Å². The molecule has 2 aliphatic heterocycles. The van der Waals surface area contributed by atoms with Crippen LogP contribution in [-0.2, 0) is 0 Å². The van der Waals surface area contributed by atoms with Gasteiger partial charge in [0.05, 0.1) is 0 Å². The normalized spacial score (nSPS) is 47.6. The first-order valence-electron chi connectivity index (χ1n) is 54.1. The van der Waals surface area contributed by atoms with Gasteiger partial charge in [-0.2, -0.15) is 0 Å². The quantitative estimate of drug-likeness (QED) is 0.170. The number of fused-ring (bicyclic) bond motifs is 4. The summed E-state index contributed by atoms with van der Waals surface area (Å²) in [7, 11) is 0. The van der Waals surface area contributed by atoms with Crippen molar-refractivity contribution in [2.45, 2.75) is 524 Å². The van der Waals surface area contributed by atoms with Crippen LogP contribution < -0.4 is 0 Å². The van der Waals surface area contributed by atoms with E-state index in [1.165, 1.54) is 44.9 Å². The maximum absolute atomic E-state index is 4.10. The third kappa shape index (κ3) is 15.8. The molecule has 20 rings (SSSR count). The highest BCUT2D eigenvalue weighted by Crippen LogP contribution is 2.71. The molecule has 112 heavy (non-hydrogen) atoms. The van der Waals surface area contributed by atoms with E-state index in [-0.39, 0.29) is 0 Å². The Morgan fingerprint density at radius 3 is 1.01 bits per heavy atom. The minimum Gasteiger partial charge on any atom is -0.295 e. The molecule has 0 aromatic rings. The summed E-state index contributed by atoms with van der Waals surface area (Å²) >= 11 is 0. The summed E-state index contributed by atoms with van der Waals surface area (Å²) in [6.07, 6.45) is 101. The Balaban J connectivity index is 0.771. The Hall–Kier alpha value is -0.0551. The van der Waals surface area contributed by atoms with Crippen molar-refractivity contribution in [3.63, 3.8) is 0 Å². The average Bonchev–Trinajstić information content (AvgIpc) is 0.689. The van der Waals surface area contributed by atoms with E-state index in [1.807, 2.05) is 0 Å². The van der Waals surface area contributed by atoms with E-state index in [1.54, 1.807) is 366 Å². The molecule has 0 radical (unpaired) electrons. The smallest absolute Gasteiger partial charge is 0.156 e. The predicted molar refractivity (Wildman–Crippen MR) is 475 cm³/mol. The van der Waals surface area contributed by atoms with Gasteiger partial charge in [0.25, 0.3) is 0 Å². The topological polar surface area (TPSA) is 9.72 Å².